The molecule has 0 bridgehead atoms. The number of amides is 1. The summed E-state index contributed by atoms with van der Waals surface area (Å²) in [6.07, 6.45) is 3.77. The van der Waals surface area contributed by atoms with E-state index in [0.717, 1.165) is 17.2 Å². The molecule has 1 fully saturated rings. The predicted octanol–water partition coefficient (Wildman–Crippen LogP) is 3.27. The van der Waals surface area contributed by atoms with Crippen molar-refractivity contribution in [2.45, 2.75) is 6.42 Å². The average Bonchev–Trinajstić information content (AvgIpc) is 3.50. The summed E-state index contributed by atoms with van der Waals surface area (Å²) in [5.41, 5.74) is 1.54. The lowest BCUT2D eigenvalue weighted by Gasteiger charge is -2.36. The van der Waals surface area contributed by atoms with Gasteiger partial charge in [-0.2, -0.15) is 0 Å². The van der Waals surface area contributed by atoms with Crippen LogP contribution in [0.15, 0.2) is 62.8 Å². The van der Waals surface area contributed by atoms with E-state index >= 15 is 0 Å². The monoisotopic (exact) mass is 553 g/mol. The summed E-state index contributed by atoms with van der Waals surface area (Å²) >= 11 is 0. The van der Waals surface area contributed by atoms with Crippen molar-refractivity contribution < 1.29 is 18.0 Å². The van der Waals surface area contributed by atoms with Crippen LogP contribution in [0.1, 0.15) is 16.2 Å². The number of aromatic nitrogens is 1. The van der Waals surface area contributed by atoms with Gasteiger partial charge in [-0.05, 0) is 36.4 Å². The van der Waals surface area contributed by atoms with Crippen LogP contribution in [0.3, 0.4) is 0 Å². The number of rotatable bonds is 5. The Labute approximate surface area is 202 Å². The number of guanidine groups is 1. The minimum atomic E-state index is -0.294. The molecular weight excluding hydrogens is 528 g/mol. The summed E-state index contributed by atoms with van der Waals surface area (Å²) in [7, 11) is 1.74. The van der Waals surface area contributed by atoms with Crippen molar-refractivity contribution in [2.24, 2.45) is 4.99 Å². The molecule has 1 N–H and O–H groups in total. The fraction of sp³-hybridized carbons (Fsp3) is 0.318. The number of furan rings is 1. The van der Waals surface area contributed by atoms with E-state index in [4.69, 9.17) is 8.83 Å². The molecule has 2 aromatic heterocycles. The van der Waals surface area contributed by atoms with Gasteiger partial charge in [0.2, 0.25) is 5.89 Å². The second kappa shape index (κ2) is 11.1. The van der Waals surface area contributed by atoms with E-state index in [-0.39, 0.29) is 35.7 Å². The lowest BCUT2D eigenvalue weighted by Crippen LogP contribution is -2.54. The molecule has 1 aliphatic heterocycles. The molecule has 0 aliphatic carbocycles. The standard InChI is InChI=1S/C22H24FN5O3.HI/c1-24-22(28-12-10-27(11-13-28)21(29)19-3-2-14-30-19)25-9-8-18-15-31-20(26-18)16-4-6-17(23)7-5-16;/h2-7,14-15H,8-13H2,1H3,(H,24,25);1H. The first-order valence-corrected chi connectivity index (χ1v) is 10.1. The molecule has 32 heavy (non-hydrogen) atoms. The Hall–Kier alpha value is -2.89. The van der Waals surface area contributed by atoms with Crippen LogP contribution < -0.4 is 5.32 Å². The first-order valence-electron chi connectivity index (χ1n) is 10.1. The van der Waals surface area contributed by atoms with Crippen molar-refractivity contribution in [1.82, 2.24) is 20.1 Å². The van der Waals surface area contributed by atoms with Gasteiger partial charge in [0.1, 0.15) is 12.1 Å². The first-order chi connectivity index (χ1) is 15.1. The van der Waals surface area contributed by atoms with E-state index in [2.05, 4.69) is 20.2 Å². The molecule has 4 rings (SSSR count). The Morgan fingerprint density at radius 2 is 1.84 bits per heavy atom. The van der Waals surface area contributed by atoms with Gasteiger partial charge >= 0.3 is 0 Å². The van der Waals surface area contributed by atoms with Crippen LogP contribution in [-0.4, -0.2) is 66.4 Å². The highest BCUT2D eigenvalue weighted by molar-refractivity contribution is 14.0. The van der Waals surface area contributed by atoms with E-state index in [0.29, 0.717) is 50.8 Å². The minimum absolute atomic E-state index is 0. The molecule has 0 unspecified atom stereocenters. The lowest BCUT2D eigenvalue weighted by atomic mass is 10.2. The Morgan fingerprint density at radius 3 is 2.50 bits per heavy atom. The van der Waals surface area contributed by atoms with E-state index < -0.39 is 0 Å². The maximum Gasteiger partial charge on any atom is 0.289 e. The first kappa shape index (κ1) is 23.8. The second-order valence-electron chi connectivity index (χ2n) is 7.13. The molecular formula is C22H25FIN5O3. The van der Waals surface area contributed by atoms with E-state index in [1.54, 1.807) is 42.5 Å². The van der Waals surface area contributed by atoms with Crippen LogP contribution in [0.25, 0.3) is 11.5 Å². The zero-order valence-corrected chi connectivity index (χ0v) is 20.0. The largest absolute Gasteiger partial charge is 0.459 e. The topological polar surface area (TPSA) is 87.1 Å². The number of aliphatic imine (C=N–C) groups is 1. The molecule has 0 spiro atoms. The Kier molecular flexibility index (Phi) is 8.26. The Morgan fingerprint density at radius 1 is 1.12 bits per heavy atom. The normalized spacial score (nSPS) is 14.2. The van der Waals surface area contributed by atoms with Gasteiger partial charge in [0.05, 0.1) is 12.0 Å². The fourth-order valence-corrected chi connectivity index (χ4v) is 3.46. The van der Waals surface area contributed by atoms with Gasteiger partial charge in [-0.3, -0.25) is 9.79 Å². The van der Waals surface area contributed by atoms with Crippen LogP contribution in [0.5, 0.6) is 0 Å². The number of benzene rings is 1. The van der Waals surface area contributed by atoms with Gasteiger partial charge in [-0.25, -0.2) is 9.37 Å². The van der Waals surface area contributed by atoms with Crippen LogP contribution in [0.2, 0.25) is 0 Å². The smallest absolute Gasteiger partial charge is 0.289 e. The highest BCUT2D eigenvalue weighted by Crippen LogP contribution is 2.19. The van der Waals surface area contributed by atoms with Crippen molar-refractivity contribution in [3.8, 4) is 11.5 Å². The molecule has 10 heteroatoms. The number of nitrogens with one attached hydrogen (secondary N) is 1. The Bertz CT molecular complexity index is 1030. The number of carbonyl (C=O) groups is 1. The molecule has 3 heterocycles. The SMILES string of the molecule is CN=C(NCCc1coc(-c2ccc(F)cc2)n1)N1CCN(C(=O)c2ccco2)CC1.I. The van der Waals surface area contributed by atoms with Crippen LogP contribution in [0.4, 0.5) is 4.39 Å². The molecule has 1 aromatic carbocycles. The quantitative estimate of drug-likeness (QED) is 0.297. The van der Waals surface area contributed by atoms with Crippen LogP contribution >= 0.6 is 24.0 Å². The summed E-state index contributed by atoms with van der Waals surface area (Å²) in [6, 6.07) is 9.44. The minimum Gasteiger partial charge on any atom is -0.459 e. The van der Waals surface area contributed by atoms with Crippen LogP contribution in [-0.2, 0) is 6.42 Å². The summed E-state index contributed by atoms with van der Waals surface area (Å²) in [5.74, 6) is 1.24. The maximum atomic E-state index is 13.1. The third kappa shape index (κ3) is 5.67. The molecule has 1 saturated heterocycles. The molecule has 1 aliphatic rings. The molecule has 1 amide bonds. The summed E-state index contributed by atoms with van der Waals surface area (Å²) in [6.45, 7) is 3.21. The van der Waals surface area contributed by atoms with Crippen molar-refractivity contribution in [1.29, 1.82) is 0 Å². The van der Waals surface area contributed by atoms with Gasteiger partial charge in [0.15, 0.2) is 11.7 Å². The number of oxazole rings is 1. The van der Waals surface area contributed by atoms with Crippen molar-refractivity contribution in [3.05, 3.63) is 66.2 Å². The van der Waals surface area contributed by atoms with E-state index in [1.807, 2.05) is 0 Å². The highest BCUT2D eigenvalue weighted by atomic mass is 127. The molecule has 170 valence electrons. The van der Waals surface area contributed by atoms with Crippen molar-refractivity contribution >= 4 is 35.8 Å². The second-order valence-corrected chi connectivity index (χ2v) is 7.13. The lowest BCUT2D eigenvalue weighted by molar-refractivity contribution is 0.0658. The zero-order chi connectivity index (χ0) is 21.6. The van der Waals surface area contributed by atoms with Crippen LogP contribution in [0, 0.1) is 5.82 Å². The molecule has 3 aromatic rings. The number of hydrogen-bond acceptors (Lipinski definition) is 5. The maximum absolute atomic E-state index is 13.1. The Balaban J connectivity index is 0.00000289. The van der Waals surface area contributed by atoms with Gasteiger partial charge in [-0.1, -0.05) is 0 Å². The summed E-state index contributed by atoms with van der Waals surface area (Å²) in [5, 5.41) is 3.34. The number of piperazine rings is 1. The van der Waals surface area contributed by atoms with Gasteiger partial charge in [-0.15, -0.1) is 24.0 Å². The van der Waals surface area contributed by atoms with Gasteiger partial charge in [0.25, 0.3) is 5.91 Å². The summed E-state index contributed by atoms with van der Waals surface area (Å²) < 4.78 is 23.8. The summed E-state index contributed by atoms with van der Waals surface area (Å²) in [4.78, 5) is 25.1. The zero-order valence-electron chi connectivity index (χ0n) is 17.7. The van der Waals surface area contributed by atoms with Gasteiger partial charge in [0, 0.05) is 51.8 Å². The van der Waals surface area contributed by atoms with Gasteiger partial charge < -0.3 is 24.0 Å². The average molecular weight is 553 g/mol. The van der Waals surface area contributed by atoms with E-state index in [9.17, 15) is 9.18 Å². The van der Waals surface area contributed by atoms with Crippen molar-refractivity contribution in [2.75, 3.05) is 39.8 Å². The molecule has 0 atom stereocenters. The third-order valence-corrected chi connectivity index (χ3v) is 5.12. The third-order valence-electron chi connectivity index (χ3n) is 5.12. The predicted molar refractivity (Wildman–Crippen MR) is 129 cm³/mol. The number of nitrogens with zero attached hydrogens (tertiary/aromatic N) is 4. The number of carbonyl (C=O) groups excluding carboxylic acids is 1. The number of hydrogen-bond donors (Lipinski definition) is 1. The van der Waals surface area contributed by atoms with Crippen molar-refractivity contribution in [3.63, 3.8) is 0 Å². The van der Waals surface area contributed by atoms with E-state index in [1.165, 1.54) is 18.4 Å². The molecule has 0 saturated carbocycles. The molecule has 0 radical (unpaired) electrons. The number of halogens is 2. The highest BCUT2D eigenvalue weighted by Gasteiger charge is 2.25. The fourth-order valence-electron chi connectivity index (χ4n) is 3.46. The molecule has 8 nitrogen and oxygen atoms in total.